The van der Waals surface area contributed by atoms with Crippen LogP contribution in [0.4, 0.5) is 0 Å². The molecule has 6 nitrogen and oxygen atoms in total. The first-order valence-corrected chi connectivity index (χ1v) is 8.83. The normalized spacial score (nSPS) is 15.3. The molecule has 0 atom stereocenters. The number of nitrogens with zero attached hydrogens (tertiary/aromatic N) is 2. The Bertz CT molecular complexity index is 614. The van der Waals surface area contributed by atoms with E-state index in [1.165, 1.54) is 25.1 Å². The largest absolute Gasteiger partial charge is 0.388 e. The summed E-state index contributed by atoms with van der Waals surface area (Å²) in [5, 5.41) is 0. The Morgan fingerprint density at radius 3 is 2.86 bits per heavy atom. The van der Waals surface area contributed by atoms with Crippen LogP contribution in [0.15, 0.2) is 23.2 Å². The number of nitrogens with two attached hydrogens (primary N) is 1. The summed E-state index contributed by atoms with van der Waals surface area (Å²) in [6.07, 6.45) is 3.88. The molecule has 0 bridgehead atoms. The zero-order chi connectivity index (χ0) is 15.5. The molecule has 21 heavy (non-hydrogen) atoms. The number of pyridine rings is 1. The summed E-state index contributed by atoms with van der Waals surface area (Å²) in [7, 11) is -3.65. The van der Waals surface area contributed by atoms with E-state index in [-0.39, 0.29) is 15.6 Å². The lowest BCUT2D eigenvalue weighted by molar-refractivity contribution is 0.282. The van der Waals surface area contributed by atoms with Crippen molar-refractivity contribution in [2.24, 2.45) is 5.73 Å². The van der Waals surface area contributed by atoms with Crippen LogP contribution in [0.1, 0.15) is 25.5 Å². The minimum absolute atomic E-state index is 0.0239. The zero-order valence-electron chi connectivity index (χ0n) is 11.9. The average molecular weight is 328 g/mol. The summed E-state index contributed by atoms with van der Waals surface area (Å²) in [6.45, 7) is 4.07. The van der Waals surface area contributed by atoms with Gasteiger partial charge in [0.25, 0.3) is 0 Å². The molecule has 1 heterocycles. The maximum absolute atomic E-state index is 12.3. The van der Waals surface area contributed by atoms with E-state index in [9.17, 15) is 8.42 Å². The van der Waals surface area contributed by atoms with Crippen LogP contribution < -0.4 is 10.5 Å². The van der Waals surface area contributed by atoms with Crippen LogP contribution in [0, 0.1) is 0 Å². The van der Waals surface area contributed by atoms with Gasteiger partial charge in [-0.05, 0) is 31.5 Å². The average Bonchev–Trinajstić information content (AvgIpc) is 3.28. The van der Waals surface area contributed by atoms with Crippen molar-refractivity contribution < 1.29 is 8.42 Å². The minimum Gasteiger partial charge on any atom is -0.388 e. The number of hydrogen-bond donors (Lipinski definition) is 2. The molecule has 8 heteroatoms. The van der Waals surface area contributed by atoms with Crippen molar-refractivity contribution >= 4 is 27.2 Å². The van der Waals surface area contributed by atoms with Gasteiger partial charge < -0.3 is 5.73 Å². The molecule has 0 spiro atoms. The molecule has 0 unspecified atom stereocenters. The Labute approximate surface area is 130 Å². The predicted octanol–water partition coefficient (Wildman–Crippen LogP) is 0.478. The molecule has 1 fully saturated rings. The van der Waals surface area contributed by atoms with Gasteiger partial charge in [-0.1, -0.05) is 19.1 Å². The summed E-state index contributed by atoms with van der Waals surface area (Å²) < 4.78 is 27.2. The first kappa shape index (κ1) is 16.3. The van der Waals surface area contributed by atoms with Gasteiger partial charge in [-0.2, -0.15) is 0 Å². The number of rotatable bonds is 8. The smallest absolute Gasteiger partial charge is 0.242 e. The molecule has 116 valence electrons. The molecule has 3 N–H and O–H groups in total. The Kier molecular flexibility index (Phi) is 5.26. The van der Waals surface area contributed by atoms with Gasteiger partial charge in [0.2, 0.25) is 10.0 Å². The van der Waals surface area contributed by atoms with Crippen LogP contribution in [0.25, 0.3) is 0 Å². The summed E-state index contributed by atoms with van der Waals surface area (Å²) in [4.78, 5) is 6.23. The van der Waals surface area contributed by atoms with E-state index in [0.29, 0.717) is 19.1 Å². The molecule has 1 aromatic heterocycles. The first-order valence-electron chi connectivity index (χ1n) is 6.94. The lowest BCUT2D eigenvalue weighted by Crippen LogP contribution is -2.36. The molecule has 0 aliphatic heterocycles. The van der Waals surface area contributed by atoms with Crippen LogP contribution >= 0.6 is 12.2 Å². The quantitative estimate of drug-likeness (QED) is 0.675. The van der Waals surface area contributed by atoms with Crippen molar-refractivity contribution in [3.63, 3.8) is 0 Å². The highest BCUT2D eigenvalue weighted by atomic mass is 32.2. The summed E-state index contributed by atoms with van der Waals surface area (Å²) in [5.41, 5.74) is 5.66. The van der Waals surface area contributed by atoms with Gasteiger partial charge in [0.05, 0.1) is 0 Å². The van der Waals surface area contributed by atoms with Crippen LogP contribution in [-0.2, 0) is 10.0 Å². The third-order valence-corrected chi connectivity index (χ3v) is 5.14. The molecule has 0 radical (unpaired) electrons. The molecule has 1 aliphatic carbocycles. The summed E-state index contributed by atoms with van der Waals surface area (Å²) in [6, 6.07) is 3.63. The van der Waals surface area contributed by atoms with Gasteiger partial charge in [0.1, 0.15) is 15.6 Å². The van der Waals surface area contributed by atoms with E-state index in [4.69, 9.17) is 18.0 Å². The number of aromatic nitrogens is 1. The molecule has 1 saturated carbocycles. The Morgan fingerprint density at radius 1 is 1.57 bits per heavy atom. The van der Waals surface area contributed by atoms with Crippen molar-refractivity contribution in [1.29, 1.82) is 0 Å². The van der Waals surface area contributed by atoms with Crippen molar-refractivity contribution in [3.8, 4) is 0 Å². The van der Waals surface area contributed by atoms with Crippen molar-refractivity contribution in [1.82, 2.24) is 14.6 Å². The fraction of sp³-hybridized carbons (Fsp3) is 0.538. The molecule has 0 aromatic carbocycles. The van der Waals surface area contributed by atoms with Gasteiger partial charge in [0.15, 0.2) is 0 Å². The SMILES string of the molecule is CCN(CCNS(=O)(=O)c1cccnc1C(N)=S)C1CC1. The number of sulfonamides is 1. The minimum atomic E-state index is -3.65. The lowest BCUT2D eigenvalue weighted by Gasteiger charge is -2.19. The van der Waals surface area contributed by atoms with E-state index < -0.39 is 10.0 Å². The number of thiocarbonyl (C=S) groups is 1. The second-order valence-corrected chi connectivity index (χ2v) is 7.15. The highest BCUT2D eigenvalue weighted by molar-refractivity contribution is 7.89. The van der Waals surface area contributed by atoms with E-state index >= 15 is 0 Å². The molecule has 0 amide bonds. The van der Waals surface area contributed by atoms with Crippen molar-refractivity contribution in [2.45, 2.75) is 30.7 Å². The van der Waals surface area contributed by atoms with E-state index in [1.807, 2.05) is 0 Å². The number of likely N-dealkylation sites (N-methyl/N-ethyl adjacent to an activating group) is 1. The molecule has 2 rings (SSSR count). The highest BCUT2D eigenvalue weighted by Gasteiger charge is 2.28. The monoisotopic (exact) mass is 328 g/mol. The lowest BCUT2D eigenvalue weighted by atomic mass is 10.3. The Hall–Kier alpha value is -1.09. The van der Waals surface area contributed by atoms with E-state index in [1.54, 1.807) is 6.07 Å². The molecule has 1 aromatic rings. The third kappa shape index (κ3) is 4.19. The zero-order valence-corrected chi connectivity index (χ0v) is 13.6. The Balaban J connectivity index is 2.03. The van der Waals surface area contributed by atoms with Crippen LogP contribution in [-0.4, -0.2) is 49.0 Å². The van der Waals surface area contributed by atoms with E-state index in [2.05, 4.69) is 21.5 Å². The van der Waals surface area contributed by atoms with Crippen LogP contribution in [0.5, 0.6) is 0 Å². The first-order chi connectivity index (χ1) is 9.95. The van der Waals surface area contributed by atoms with E-state index in [0.717, 1.165) is 6.54 Å². The van der Waals surface area contributed by atoms with Gasteiger partial charge in [0, 0.05) is 25.3 Å². The van der Waals surface area contributed by atoms with Gasteiger partial charge in [-0.25, -0.2) is 13.1 Å². The fourth-order valence-electron chi connectivity index (χ4n) is 2.23. The second-order valence-electron chi connectivity index (χ2n) is 4.97. The highest BCUT2D eigenvalue weighted by Crippen LogP contribution is 2.25. The molecule has 1 aliphatic rings. The topological polar surface area (TPSA) is 88.3 Å². The van der Waals surface area contributed by atoms with Crippen molar-refractivity contribution in [3.05, 3.63) is 24.0 Å². The van der Waals surface area contributed by atoms with Gasteiger partial charge in [-0.15, -0.1) is 0 Å². The predicted molar refractivity (Wildman–Crippen MR) is 85.6 cm³/mol. The van der Waals surface area contributed by atoms with Gasteiger partial charge in [-0.3, -0.25) is 9.88 Å². The van der Waals surface area contributed by atoms with Crippen molar-refractivity contribution in [2.75, 3.05) is 19.6 Å². The number of hydrogen-bond acceptors (Lipinski definition) is 5. The van der Waals surface area contributed by atoms with Crippen LogP contribution in [0.3, 0.4) is 0 Å². The number of nitrogens with one attached hydrogen (secondary N) is 1. The Morgan fingerprint density at radius 2 is 2.29 bits per heavy atom. The summed E-state index contributed by atoms with van der Waals surface area (Å²) >= 11 is 4.85. The van der Waals surface area contributed by atoms with Gasteiger partial charge >= 0.3 is 0 Å². The maximum Gasteiger partial charge on any atom is 0.242 e. The standard InChI is InChI=1S/C13H20N4O2S2/c1-2-17(10-5-6-10)9-8-16-21(18,19)11-4-3-7-15-12(11)13(14)20/h3-4,7,10,16H,2,5-6,8-9H2,1H3,(H2,14,20). The van der Waals surface area contributed by atoms with Crippen LogP contribution in [0.2, 0.25) is 0 Å². The maximum atomic E-state index is 12.3. The third-order valence-electron chi connectivity index (χ3n) is 3.45. The fourth-order valence-corrected chi connectivity index (χ4v) is 3.65. The molecule has 0 saturated heterocycles. The second kappa shape index (κ2) is 6.78. The summed E-state index contributed by atoms with van der Waals surface area (Å²) in [5.74, 6) is 0. The molecular formula is C13H20N4O2S2. The molecular weight excluding hydrogens is 308 g/mol.